The van der Waals surface area contributed by atoms with Gasteiger partial charge in [-0.15, -0.1) is 0 Å². The highest BCUT2D eigenvalue weighted by Crippen LogP contribution is 2.43. The molecule has 2 aliphatic heterocycles. The summed E-state index contributed by atoms with van der Waals surface area (Å²) in [7, 11) is 3.71. The number of fused-ring (bicyclic) bond motifs is 3. The van der Waals surface area contributed by atoms with Gasteiger partial charge in [0.2, 0.25) is 0 Å². The summed E-state index contributed by atoms with van der Waals surface area (Å²) in [5.74, 6) is 0.238. The Morgan fingerprint density at radius 3 is 2.72 bits per heavy atom. The Bertz CT molecular complexity index is 1590. The highest BCUT2D eigenvalue weighted by atomic mass is 19.1. The van der Waals surface area contributed by atoms with Gasteiger partial charge in [-0.25, -0.2) is 8.78 Å². The van der Waals surface area contributed by atoms with Gasteiger partial charge in [0.15, 0.2) is 5.82 Å². The SMILES string of the molecule is CCc1c(F)ccc2cc(O)cc(-c3ccc4c(N(C)C)nc(OC[C@@]56CCCN5C[C@H](C)C6)nc4c3F)c12. The molecule has 6 rings (SSSR count). The molecule has 3 heterocycles. The third-order valence-electron chi connectivity index (χ3n) is 8.46. The van der Waals surface area contributed by atoms with E-state index in [1.54, 1.807) is 24.3 Å². The molecule has 2 fully saturated rings. The summed E-state index contributed by atoms with van der Waals surface area (Å²) < 4.78 is 37.5. The molecule has 0 saturated carbocycles. The molecule has 8 heteroatoms. The fourth-order valence-electron chi connectivity index (χ4n) is 6.82. The van der Waals surface area contributed by atoms with Gasteiger partial charge >= 0.3 is 6.01 Å². The van der Waals surface area contributed by atoms with Gasteiger partial charge in [0.05, 0.1) is 5.54 Å². The van der Waals surface area contributed by atoms with Crippen molar-refractivity contribution in [1.29, 1.82) is 0 Å². The average molecular weight is 533 g/mol. The predicted octanol–water partition coefficient (Wildman–Crippen LogP) is 6.32. The molecule has 4 aromatic rings. The lowest BCUT2D eigenvalue weighted by Crippen LogP contribution is -2.43. The van der Waals surface area contributed by atoms with Gasteiger partial charge in [0.25, 0.3) is 0 Å². The molecule has 204 valence electrons. The van der Waals surface area contributed by atoms with Crippen LogP contribution in [0.5, 0.6) is 11.8 Å². The van der Waals surface area contributed by atoms with Crippen LogP contribution >= 0.6 is 0 Å². The summed E-state index contributed by atoms with van der Waals surface area (Å²) in [4.78, 5) is 13.6. The van der Waals surface area contributed by atoms with Crippen LogP contribution in [0.3, 0.4) is 0 Å². The number of anilines is 1. The maximum atomic E-state index is 16.4. The summed E-state index contributed by atoms with van der Waals surface area (Å²) in [6.45, 7) is 6.75. The number of hydrogen-bond acceptors (Lipinski definition) is 6. The number of aryl methyl sites for hydroxylation is 1. The molecule has 2 aliphatic rings. The molecular formula is C31H34F2N4O2. The van der Waals surface area contributed by atoms with E-state index in [0.29, 0.717) is 52.0 Å². The van der Waals surface area contributed by atoms with E-state index in [1.165, 1.54) is 12.1 Å². The zero-order valence-electron chi connectivity index (χ0n) is 22.9. The van der Waals surface area contributed by atoms with Gasteiger partial charge in [-0.3, -0.25) is 4.90 Å². The van der Waals surface area contributed by atoms with Gasteiger partial charge in [0.1, 0.15) is 29.5 Å². The Labute approximate surface area is 227 Å². The van der Waals surface area contributed by atoms with Crippen LogP contribution in [-0.2, 0) is 6.42 Å². The molecule has 1 aromatic heterocycles. The number of phenols is 1. The monoisotopic (exact) mass is 532 g/mol. The quantitative estimate of drug-likeness (QED) is 0.314. The molecule has 2 saturated heterocycles. The molecule has 39 heavy (non-hydrogen) atoms. The molecule has 0 unspecified atom stereocenters. The average Bonchev–Trinajstić information content (AvgIpc) is 3.43. The van der Waals surface area contributed by atoms with Gasteiger partial charge in [0, 0.05) is 31.6 Å². The van der Waals surface area contributed by atoms with E-state index >= 15 is 4.39 Å². The standard InChI is InChI=1S/C31H34F2N4O2/c1-5-21-25(32)10-7-19-13-20(38)14-24(26(19)21)22-8-9-23-28(27(22)33)34-30(35-29(23)36(3)4)39-17-31-11-6-12-37(31)16-18(2)15-31/h7-10,13-14,18,38H,5-6,11-12,15-17H2,1-4H3/t18-,31+/m1/s1. The Hall–Kier alpha value is -3.52. The first-order chi connectivity index (χ1) is 18.7. The van der Waals surface area contributed by atoms with E-state index in [2.05, 4.69) is 21.8 Å². The minimum atomic E-state index is -0.559. The van der Waals surface area contributed by atoms with Crippen molar-refractivity contribution in [3.8, 4) is 22.9 Å². The van der Waals surface area contributed by atoms with E-state index < -0.39 is 5.82 Å². The summed E-state index contributed by atoms with van der Waals surface area (Å²) in [5, 5.41) is 12.2. The minimum absolute atomic E-state index is 0.0162. The largest absolute Gasteiger partial charge is 0.508 e. The van der Waals surface area contributed by atoms with Gasteiger partial charge in [-0.05, 0) is 84.3 Å². The number of nitrogens with zero attached hydrogens (tertiary/aromatic N) is 4. The molecule has 0 amide bonds. The number of hydrogen-bond donors (Lipinski definition) is 1. The number of benzene rings is 3. The van der Waals surface area contributed by atoms with Crippen LogP contribution in [0.15, 0.2) is 36.4 Å². The van der Waals surface area contributed by atoms with Crippen LogP contribution < -0.4 is 9.64 Å². The van der Waals surface area contributed by atoms with Crippen LogP contribution in [0.2, 0.25) is 0 Å². The van der Waals surface area contributed by atoms with Crippen LogP contribution in [0.25, 0.3) is 32.8 Å². The van der Waals surface area contributed by atoms with E-state index in [9.17, 15) is 9.50 Å². The first kappa shape index (κ1) is 25.7. The van der Waals surface area contributed by atoms with Crippen molar-refractivity contribution in [3.63, 3.8) is 0 Å². The summed E-state index contributed by atoms with van der Waals surface area (Å²) in [6, 6.07) is 9.64. The molecule has 0 radical (unpaired) electrons. The maximum Gasteiger partial charge on any atom is 0.319 e. The molecule has 0 bridgehead atoms. The maximum absolute atomic E-state index is 16.4. The Morgan fingerprint density at radius 2 is 1.95 bits per heavy atom. The highest BCUT2D eigenvalue weighted by molar-refractivity contribution is 6.03. The Balaban J connectivity index is 1.49. The molecular weight excluding hydrogens is 498 g/mol. The number of phenolic OH excluding ortho intramolecular Hbond substituents is 1. The first-order valence-corrected chi connectivity index (χ1v) is 13.7. The fraction of sp³-hybridized carbons (Fsp3) is 0.419. The second-order valence-electron chi connectivity index (χ2n) is 11.4. The van der Waals surface area contributed by atoms with Crippen molar-refractivity contribution in [2.24, 2.45) is 5.92 Å². The molecule has 1 N–H and O–H groups in total. The van der Waals surface area contributed by atoms with Gasteiger partial charge in [-0.2, -0.15) is 9.97 Å². The van der Waals surface area contributed by atoms with Crippen LogP contribution in [0.1, 0.15) is 38.7 Å². The number of ether oxygens (including phenoxy) is 1. The van der Waals surface area contributed by atoms with E-state index in [1.807, 2.05) is 25.9 Å². The van der Waals surface area contributed by atoms with Crippen molar-refractivity contribution in [2.75, 3.05) is 38.7 Å². The molecule has 2 atom stereocenters. The minimum Gasteiger partial charge on any atom is -0.508 e. The van der Waals surface area contributed by atoms with E-state index in [4.69, 9.17) is 4.74 Å². The lowest BCUT2D eigenvalue weighted by Gasteiger charge is -2.31. The zero-order valence-corrected chi connectivity index (χ0v) is 22.9. The zero-order chi connectivity index (χ0) is 27.5. The third kappa shape index (κ3) is 4.25. The number of aromatic hydroxyl groups is 1. The Morgan fingerprint density at radius 1 is 1.13 bits per heavy atom. The summed E-state index contributed by atoms with van der Waals surface area (Å²) in [6.07, 6.45) is 3.72. The van der Waals surface area contributed by atoms with Crippen LogP contribution in [-0.4, -0.2) is 59.3 Å². The Kier molecular flexibility index (Phi) is 6.33. The summed E-state index contributed by atoms with van der Waals surface area (Å²) in [5.41, 5.74) is 1.26. The first-order valence-electron chi connectivity index (χ1n) is 13.7. The number of aromatic nitrogens is 2. The van der Waals surface area contributed by atoms with Gasteiger partial charge < -0.3 is 14.7 Å². The number of halogens is 2. The second kappa shape index (κ2) is 9.59. The van der Waals surface area contributed by atoms with Crippen molar-refractivity contribution in [3.05, 3.63) is 53.6 Å². The van der Waals surface area contributed by atoms with Gasteiger partial charge in [-0.1, -0.05) is 26.0 Å². The third-order valence-corrected chi connectivity index (χ3v) is 8.46. The summed E-state index contributed by atoms with van der Waals surface area (Å²) >= 11 is 0. The van der Waals surface area contributed by atoms with Crippen molar-refractivity contribution >= 4 is 27.5 Å². The number of rotatable bonds is 6. The molecule has 0 spiro atoms. The van der Waals surface area contributed by atoms with Crippen LogP contribution in [0, 0.1) is 17.6 Å². The molecule has 6 nitrogen and oxygen atoms in total. The van der Waals surface area contributed by atoms with Crippen molar-refractivity contribution < 1.29 is 18.6 Å². The topological polar surface area (TPSA) is 61.7 Å². The van der Waals surface area contributed by atoms with E-state index in [0.717, 1.165) is 32.4 Å². The molecule has 0 aliphatic carbocycles. The van der Waals surface area contributed by atoms with E-state index in [-0.39, 0.29) is 34.2 Å². The van der Waals surface area contributed by atoms with Crippen molar-refractivity contribution in [1.82, 2.24) is 14.9 Å². The predicted molar refractivity (Wildman–Crippen MR) is 151 cm³/mol. The van der Waals surface area contributed by atoms with Crippen LogP contribution in [0.4, 0.5) is 14.6 Å². The smallest absolute Gasteiger partial charge is 0.319 e. The lowest BCUT2D eigenvalue weighted by molar-refractivity contribution is 0.107. The van der Waals surface area contributed by atoms with Crippen molar-refractivity contribution in [2.45, 2.75) is 45.1 Å². The highest BCUT2D eigenvalue weighted by Gasteiger charge is 2.47. The normalized spacial score (nSPS) is 21.1. The second-order valence-corrected chi connectivity index (χ2v) is 11.4. The molecule has 3 aromatic carbocycles. The lowest BCUT2D eigenvalue weighted by atomic mass is 9.91. The fourth-order valence-corrected chi connectivity index (χ4v) is 6.82.